The normalized spacial score (nSPS) is 15.0. The summed E-state index contributed by atoms with van der Waals surface area (Å²) in [4.78, 5) is 11.8. The van der Waals surface area contributed by atoms with Crippen molar-refractivity contribution in [3.05, 3.63) is 46.0 Å². The Morgan fingerprint density at radius 2 is 1.52 bits per heavy atom. The highest BCUT2D eigenvalue weighted by Gasteiger charge is 2.46. The molecule has 3 rings (SSSR count). The van der Waals surface area contributed by atoms with E-state index >= 15 is 0 Å². The largest absolute Gasteiger partial charge is 0.490 e. The molecule has 0 saturated heterocycles. The van der Waals surface area contributed by atoms with Crippen molar-refractivity contribution >= 4 is 0 Å². The van der Waals surface area contributed by atoms with Gasteiger partial charge in [0.2, 0.25) is 23.8 Å². The molecular formula is C37H54N2O9. The predicted molar refractivity (Wildman–Crippen MR) is 183 cm³/mol. The standard InChI is InChI=1S/C37H54N2O9/c1-7-11-15-21-45-32-23-27(34(46-22-16-12-8-2)36(44-6)35(32)43-5)37(25-38,26(9-3)10-4)20-19-29(40)28(39(41)42)24-33-47-30-17-13-14-18-31(30)48-33/h13-14,17-18,23,26,28-29,33,40H,7-12,15-16,19-22,24H2,1-6H3. The average molecular weight is 671 g/mol. The van der Waals surface area contributed by atoms with Crippen LogP contribution in [0.4, 0.5) is 0 Å². The van der Waals surface area contributed by atoms with Crippen LogP contribution in [0, 0.1) is 27.4 Å². The molecule has 0 radical (unpaired) electrons. The third kappa shape index (κ3) is 9.16. The smallest absolute Gasteiger partial charge is 0.248 e. The van der Waals surface area contributed by atoms with Gasteiger partial charge in [0.05, 0.1) is 45.3 Å². The average Bonchev–Trinajstić information content (AvgIpc) is 3.51. The maximum Gasteiger partial charge on any atom is 0.248 e. The van der Waals surface area contributed by atoms with Crippen molar-refractivity contribution < 1.29 is 38.5 Å². The molecular weight excluding hydrogens is 616 g/mol. The summed E-state index contributed by atoms with van der Waals surface area (Å²) in [5.74, 6) is 2.38. The van der Waals surface area contributed by atoms with Crippen molar-refractivity contribution in [2.45, 2.75) is 122 Å². The number of nitriles is 1. The van der Waals surface area contributed by atoms with Gasteiger partial charge in [-0.1, -0.05) is 78.4 Å². The first kappa shape index (κ1) is 38.5. The van der Waals surface area contributed by atoms with E-state index in [2.05, 4.69) is 19.9 Å². The number of para-hydroxylation sites is 2. The highest BCUT2D eigenvalue weighted by molar-refractivity contribution is 5.66. The number of unbranched alkanes of at least 4 members (excludes halogenated alkanes) is 4. The summed E-state index contributed by atoms with van der Waals surface area (Å²) in [5, 5.41) is 34.8. The Labute approximate surface area is 285 Å². The lowest BCUT2D eigenvalue weighted by Crippen LogP contribution is -2.41. The van der Waals surface area contributed by atoms with Crippen LogP contribution in [-0.2, 0) is 5.41 Å². The molecule has 0 fully saturated rings. The maximum atomic E-state index is 12.3. The van der Waals surface area contributed by atoms with Gasteiger partial charge in [0.1, 0.15) is 6.10 Å². The minimum absolute atomic E-state index is 0.0221. The van der Waals surface area contributed by atoms with Gasteiger partial charge < -0.3 is 33.5 Å². The molecule has 1 N–H and O–H groups in total. The molecule has 1 aliphatic heterocycles. The Bertz CT molecular complexity index is 1320. The first-order chi connectivity index (χ1) is 23.2. The number of methoxy groups -OCH3 is 2. The molecule has 48 heavy (non-hydrogen) atoms. The zero-order valence-corrected chi connectivity index (χ0v) is 29.5. The molecule has 0 aliphatic carbocycles. The second kappa shape index (κ2) is 19.2. The topological polar surface area (TPSA) is 143 Å². The van der Waals surface area contributed by atoms with Gasteiger partial charge in [0, 0.05) is 10.5 Å². The summed E-state index contributed by atoms with van der Waals surface area (Å²) in [7, 11) is 3.07. The van der Waals surface area contributed by atoms with Gasteiger partial charge in [-0.25, -0.2) is 0 Å². The summed E-state index contributed by atoms with van der Waals surface area (Å²) >= 11 is 0. The SMILES string of the molecule is CCCCCOc1cc(C(C#N)(CCC(O)C(CC2Oc3ccccc3O2)[N+](=O)[O-])C(CC)CC)c(OCCCCC)c(OC)c1OC. The Morgan fingerprint density at radius 1 is 0.938 bits per heavy atom. The Morgan fingerprint density at radius 3 is 2.02 bits per heavy atom. The van der Waals surface area contributed by atoms with E-state index in [4.69, 9.17) is 28.4 Å². The number of hydrogen-bond donors (Lipinski definition) is 1. The van der Waals surface area contributed by atoms with Gasteiger partial charge in [0.15, 0.2) is 23.0 Å². The third-order valence-corrected chi connectivity index (χ3v) is 9.28. The van der Waals surface area contributed by atoms with E-state index in [1.807, 2.05) is 19.9 Å². The fourth-order valence-electron chi connectivity index (χ4n) is 6.57. The third-order valence-electron chi connectivity index (χ3n) is 9.28. The second-order valence-corrected chi connectivity index (χ2v) is 12.3. The lowest BCUT2D eigenvalue weighted by molar-refractivity contribution is -0.538. The number of hydrogen-bond acceptors (Lipinski definition) is 10. The molecule has 0 saturated carbocycles. The second-order valence-electron chi connectivity index (χ2n) is 12.3. The monoisotopic (exact) mass is 670 g/mol. The van der Waals surface area contributed by atoms with Crippen LogP contribution in [0.5, 0.6) is 34.5 Å². The van der Waals surface area contributed by atoms with Crippen molar-refractivity contribution in [2.24, 2.45) is 5.92 Å². The van der Waals surface area contributed by atoms with Crippen LogP contribution in [0.15, 0.2) is 30.3 Å². The highest BCUT2D eigenvalue weighted by atomic mass is 16.7. The van der Waals surface area contributed by atoms with E-state index in [9.17, 15) is 20.5 Å². The van der Waals surface area contributed by atoms with Crippen LogP contribution in [0.25, 0.3) is 0 Å². The molecule has 0 bridgehead atoms. The minimum atomic E-state index is -1.38. The number of rotatable bonds is 23. The molecule has 11 nitrogen and oxygen atoms in total. The molecule has 2 aromatic rings. The molecule has 266 valence electrons. The molecule has 1 heterocycles. The summed E-state index contributed by atoms with van der Waals surface area (Å²) in [6, 6.07) is 10.1. The van der Waals surface area contributed by atoms with Crippen molar-refractivity contribution in [2.75, 3.05) is 27.4 Å². The number of benzene rings is 2. The first-order valence-electron chi connectivity index (χ1n) is 17.4. The first-order valence-corrected chi connectivity index (χ1v) is 17.4. The number of nitrogens with zero attached hydrogens (tertiary/aromatic N) is 2. The van der Waals surface area contributed by atoms with Crippen LogP contribution in [0.3, 0.4) is 0 Å². The van der Waals surface area contributed by atoms with Gasteiger partial charge in [0.25, 0.3) is 0 Å². The fraction of sp³-hybridized carbons (Fsp3) is 0.649. The van der Waals surface area contributed by atoms with E-state index < -0.39 is 28.8 Å². The lowest BCUT2D eigenvalue weighted by atomic mass is 9.65. The van der Waals surface area contributed by atoms with Crippen molar-refractivity contribution in [1.82, 2.24) is 0 Å². The molecule has 0 spiro atoms. The summed E-state index contributed by atoms with van der Waals surface area (Å²) in [5.41, 5.74) is -0.635. The van der Waals surface area contributed by atoms with E-state index in [-0.39, 0.29) is 25.2 Å². The summed E-state index contributed by atoms with van der Waals surface area (Å²) in [6.07, 6.45) is 4.62. The van der Waals surface area contributed by atoms with Crippen LogP contribution < -0.4 is 28.4 Å². The van der Waals surface area contributed by atoms with Gasteiger partial charge in [-0.05, 0) is 49.8 Å². The van der Waals surface area contributed by atoms with Crippen LogP contribution in [-0.4, -0.2) is 55.9 Å². The molecule has 0 aromatic heterocycles. The molecule has 2 aromatic carbocycles. The molecule has 0 amide bonds. The highest BCUT2D eigenvalue weighted by Crippen LogP contribution is 2.54. The van der Waals surface area contributed by atoms with Crippen molar-refractivity contribution in [3.8, 4) is 40.6 Å². The Hall–Kier alpha value is -3.91. The van der Waals surface area contributed by atoms with Gasteiger partial charge in [-0.15, -0.1) is 0 Å². The zero-order chi connectivity index (χ0) is 35.1. The Kier molecular flexibility index (Phi) is 15.4. The van der Waals surface area contributed by atoms with Crippen LogP contribution in [0.2, 0.25) is 0 Å². The van der Waals surface area contributed by atoms with Crippen molar-refractivity contribution in [1.29, 1.82) is 5.26 Å². The zero-order valence-electron chi connectivity index (χ0n) is 29.5. The van der Waals surface area contributed by atoms with E-state index in [0.717, 1.165) is 38.5 Å². The maximum absolute atomic E-state index is 12.3. The summed E-state index contributed by atoms with van der Waals surface area (Å²) < 4.78 is 36.0. The van der Waals surface area contributed by atoms with E-state index in [1.54, 1.807) is 31.4 Å². The number of aliphatic hydroxyl groups is 1. The number of nitro groups is 1. The predicted octanol–water partition coefficient (Wildman–Crippen LogP) is 8.01. The number of aliphatic hydroxyl groups excluding tert-OH is 1. The quantitative estimate of drug-likeness (QED) is 0.0701. The van der Waals surface area contributed by atoms with Crippen LogP contribution in [0.1, 0.15) is 104 Å². The van der Waals surface area contributed by atoms with Gasteiger partial charge in [-0.3, -0.25) is 10.1 Å². The fourth-order valence-corrected chi connectivity index (χ4v) is 6.57. The van der Waals surface area contributed by atoms with E-state index in [0.29, 0.717) is 66.1 Å². The molecule has 11 heteroatoms. The molecule has 3 unspecified atom stereocenters. The molecule has 3 atom stereocenters. The van der Waals surface area contributed by atoms with Crippen molar-refractivity contribution in [3.63, 3.8) is 0 Å². The van der Waals surface area contributed by atoms with Gasteiger partial charge in [-0.2, -0.15) is 5.26 Å². The molecule has 1 aliphatic rings. The summed E-state index contributed by atoms with van der Waals surface area (Å²) in [6.45, 7) is 9.12. The van der Waals surface area contributed by atoms with E-state index in [1.165, 1.54) is 7.11 Å². The van der Waals surface area contributed by atoms with Gasteiger partial charge >= 0.3 is 0 Å². The lowest BCUT2D eigenvalue weighted by Gasteiger charge is -2.37. The van der Waals surface area contributed by atoms with Crippen LogP contribution >= 0.6 is 0 Å². The Balaban J connectivity index is 2.05. The number of fused-ring (bicyclic) bond motifs is 1. The number of ether oxygens (including phenoxy) is 6. The minimum Gasteiger partial charge on any atom is -0.490 e.